The first-order chi connectivity index (χ1) is 11.1. The number of carbonyl (C=O) groups is 1. The molecule has 1 amide bonds. The summed E-state index contributed by atoms with van der Waals surface area (Å²) in [5, 5.41) is 12.4. The van der Waals surface area contributed by atoms with Crippen molar-refractivity contribution in [3.05, 3.63) is 30.1 Å². The number of carbonyl (C=O) groups excluding carboxylic acids is 1. The summed E-state index contributed by atoms with van der Waals surface area (Å²) >= 11 is 0. The first-order valence-corrected chi connectivity index (χ1v) is 8.22. The zero-order valence-electron chi connectivity index (χ0n) is 14.0. The molecule has 23 heavy (non-hydrogen) atoms. The molecular weight excluding hydrogens is 292 g/mol. The molecule has 0 saturated carbocycles. The van der Waals surface area contributed by atoms with Gasteiger partial charge in [-0.2, -0.15) is 5.10 Å². The van der Waals surface area contributed by atoms with Crippen LogP contribution in [-0.2, 0) is 13.5 Å². The summed E-state index contributed by atoms with van der Waals surface area (Å²) in [5.74, 6) is 1.52. The van der Waals surface area contributed by atoms with Crippen LogP contribution in [0.25, 0.3) is 0 Å². The van der Waals surface area contributed by atoms with Gasteiger partial charge in [0.2, 0.25) is 0 Å². The Bertz CT molecular complexity index is 674. The van der Waals surface area contributed by atoms with Gasteiger partial charge < -0.3 is 9.47 Å². The Labute approximate surface area is 136 Å². The van der Waals surface area contributed by atoms with E-state index >= 15 is 0 Å². The van der Waals surface area contributed by atoms with E-state index in [1.165, 1.54) is 0 Å². The SMILES string of the molecule is CC(C)n1cnnc1CC1CCCN(C(=O)c2ccnn2C)C1. The van der Waals surface area contributed by atoms with Gasteiger partial charge in [0.1, 0.15) is 17.8 Å². The second-order valence-corrected chi connectivity index (χ2v) is 6.55. The van der Waals surface area contributed by atoms with E-state index in [0.717, 1.165) is 38.2 Å². The van der Waals surface area contributed by atoms with Crippen molar-refractivity contribution < 1.29 is 4.79 Å². The molecule has 0 N–H and O–H groups in total. The summed E-state index contributed by atoms with van der Waals surface area (Å²) in [6, 6.07) is 2.14. The first kappa shape index (κ1) is 15.7. The molecule has 3 heterocycles. The number of aromatic nitrogens is 5. The zero-order chi connectivity index (χ0) is 16.4. The Kier molecular flexibility index (Phi) is 4.45. The Morgan fingerprint density at radius 2 is 2.26 bits per heavy atom. The van der Waals surface area contributed by atoms with E-state index in [9.17, 15) is 4.79 Å². The molecule has 1 atom stereocenters. The molecule has 0 aromatic carbocycles. The molecule has 0 spiro atoms. The topological polar surface area (TPSA) is 68.8 Å². The second-order valence-electron chi connectivity index (χ2n) is 6.55. The first-order valence-electron chi connectivity index (χ1n) is 8.22. The Morgan fingerprint density at radius 1 is 1.43 bits per heavy atom. The van der Waals surface area contributed by atoms with E-state index in [-0.39, 0.29) is 5.91 Å². The summed E-state index contributed by atoms with van der Waals surface area (Å²) in [5.41, 5.74) is 0.649. The van der Waals surface area contributed by atoms with Gasteiger partial charge in [-0.1, -0.05) is 0 Å². The van der Waals surface area contributed by atoms with Gasteiger partial charge in [0.05, 0.1) is 0 Å². The van der Waals surface area contributed by atoms with Crippen LogP contribution < -0.4 is 0 Å². The third-order valence-electron chi connectivity index (χ3n) is 4.52. The van der Waals surface area contributed by atoms with Crippen LogP contribution in [0, 0.1) is 5.92 Å². The molecule has 2 aromatic heterocycles. The maximum Gasteiger partial charge on any atom is 0.272 e. The summed E-state index contributed by atoms with van der Waals surface area (Å²) in [6.45, 7) is 5.85. The minimum Gasteiger partial charge on any atom is -0.337 e. The fraction of sp³-hybridized carbons (Fsp3) is 0.625. The average Bonchev–Trinajstić information content (AvgIpc) is 3.16. The van der Waals surface area contributed by atoms with Gasteiger partial charge in [-0.3, -0.25) is 9.48 Å². The van der Waals surface area contributed by atoms with Crippen LogP contribution in [0.5, 0.6) is 0 Å². The molecule has 1 fully saturated rings. The van der Waals surface area contributed by atoms with E-state index in [1.54, 1.807) is 30.3 Å². The molecular formula is C16H24N6O. The number of aryl methyl sites for hydroxylation is 1. The summed E-state index contributed by atoms with van der Waals surface area (Å²) in [4.78, 5) is 14.6. The van der Waals surface area contributed by atoms with Gasteiger partial charge in [-0.05, 0) is 38.7 Å². The van der Waals surface area contributed by atoms with Crippen molar-refractivity contribution in [2.24, 2.45) is 13.0 Å². The Morgan fingerprint density at radius 3 is 2.96 bits per heavy atom. The molecule has 0 bridgehead atoms. The molecule has 0 aliphatic carbocycles. The van der Waals surface area contributed by atoms with Crippen LogP contribution in [0.4, 0.5) is 0 Å². The number of likely N-dealkylation sites (tertiary alicyclic amines) is 1. The van der Waals surface area contributed by atoms with Gasteiger partial charge in [0.15, 0.2) is 0 Å². The molecule has 7 heteroatoms. The van der Waals surface area contributed by atoms with Crippen molar-refractivity contribution in [3.63, 3.8) is 0 Å². The standard InChI is InChI=1S/C16H24N6O/c1-12(2)22-11-17-19-15(22)9-13-5-4-8-21(10-13)16(23)14-6-7-18-20(14)3/h6-7,11-13H,4-5,8-10H2,1-3H3. The minimum absolute atomic E-state index is 0.0695. The molecule has 2 aromatic rings. The number of hydrogen-bond donors (Lipinski definition) is 0. The van der Waals surface area contributed by atoms with Crippen LogP contribution >= 0.6 is 0 Å². The van der Waals surface area contributed by atoms with Gasteiger partial charge in [0.25, 0.3) is 5.91 Å². The molecule has 1 aliphatic rings. The van der Waals surface area contributed by atoms with E-state index in [4.69, 9.17) is 0 Å². The highest BCUT2D eigenvalue weighted by Gasteiger charge is 2.27. The smallest absolute Gasteiger partial charge is 0.272 e. The summed E-state index contributed by atoms with van der Waals surface area (Å²) in [6.07, 6.45) is 6.48. The predicted molar refractivity (Wildman–Crippen MR) is 85.9 cm³/mol. The molecule has 7 nitrogen and oxygen atoms in total. The second kappa shape index (κ2) is 6.52. The van der Waals surface area contributed by atoms with Crippen LogP contribution in [0.3, 0.4) is 0 Å². The van der Waals surface area contributed by atoms with Crippen molar-refractivity contribution in [2.45, 2.75) is 39.2 Å². The Hall–Kier alpha value is -2.18. The van der Waals surface area contributed by atoms with Crippen LogP contribution in [0.15, 0.2) is 18.6 Å². The monoisotopic (exact) mass is 316 g/mol. The minimum atomic E-state index is 0.0695. The number of piperidine rings is 1. The third-order valence-corrected chi connectivity index (χ3v) is 4.52. The maximum absolute atomic E-state index is 12.6. The van der Waals surface area contributed by atoms with Gasteiger partial charge in [-0.15, -0.1) is 10.2 Å². The van der Waals surface area contributed by atoms with Crippen LogP contribution in [0.2, 0.25) is 0 Å². The molecule has 1 aliphatic heterocycles. The summed E-state index contributed by atoms with van der Waals surface area (Å²) in [7, 11) is 1.81. The van der Waals surface area contributed by atoms with E-state index in [0.29, 0.717) is 17.7 Å². The van der Waals surface area contributed by atoms with Crippen molar-refractivity contribution in [2.75, 3.05) is 13.1 Å². The molecule has 0 radical (unpaired) electrons. The highest BCUT2D eigenvalue weighted by Crippen LogP contribution is 2.22. The highest BCUT2D eigenvalue weighted by molar-refractivity contribution is 5.92. The normalized spacial score (nSPS) is 18.6. The van der Waals surface area contributed by atoms with E-state index < -0.39 is 0 Å². The van der Waals surface area contributed by atoms with Gasteiger partial charge in [-0.25, -0.2) is 0 Å². The van der Waals surface area contributed by atoms with Crippen molar-refractivity contribution in [1.82, 2.24) is 29.4 Å². The third kappa shape index (κ3) is 3.28. The van der Waals surface area contributed by atoms with Crippen LogP contribution in [0.1, 0.15) is 49.0 Å². The zero-order valence-corrected chi connectivity index (χ0v) is 14.0. The molecule has 1 unspecified atom stereocenters. The lowest BCUT2D eigenvalue weighted by Crippen LogP contribution is -2.41. The number of nitrogens with zero attached hydrogens (tertiary/aromatic N) is 6. The molecule has 124 valence electrons. The largest absolute Gasteiger partial charge is 0.337 e. The lowest BCUT2D eigenvalue weighted by atomic mass is 9.94. The lowest BCUT2D eigenvalue weighted by molar-refractivity contribution is 0.0660. The van der Waals surface area contributed by atoms with E-state index in [2.05, 4.69) is 33.7 Å². The number of hydrogen-bond acceptors (Lipinski definition) is 4. The number of amides is 1. The van der Waals surface area contributed by atoms with Crippen molar-refractivity contribution in [3.8, 4) is 0 Å². The van der Waals surface area contributed by atoms with Gasteiger partial charge >= 0.3 is 0 Å². The molecule has 1 saturated heterocycles. The van der Waals surface area contributed by atoms with Crippen molar-refractivity contribution in [1.29, 1.82) is 0 Å². The molecule has 3 rings (SSSR count). The van der Waals surface area contributed by atoms with Crippen LogP contribution in [-0.4, -0.2) is 48.4 Å². The number of rotatable bonds is 4. The maximum atomic E-state index is 12.6. The average molecular weight is 316 g/mol. The predicted octanol–water partition coefficient (Wildman–Crippen LogP) is 1.69. The van der Waals surface area contributed by atoms with Gasteiger partial charge in [0, 0.05) is 38.8 Å². The van der Waals surface area contributed by atoms with E-state index in [1.807, 2.05) is 4.90 Å². The quantitative estimate of drug-likeness (QED) is 0.861. The fourth-order valence-corrected chi connectivity index (χ4v) is 3.26. The fourth-order valence-electron chi connectivity index (χ4n) is 3.26. The lowest BCUT2D eigenvalue weighted by Gasteiger charge is -2.32. The van der Waals surface area contributed by atoms with Crippen molar-refractivity contribution >= 4 is 5.91 Å². The highest BCUT2D eigenvalue weighted by atomic mass is 16.2. The Balaban J connectivity index is 1.68. The summed E-state index contributed by atoms with van der Waals surface area (Å²) < 4.78 is 3.75.